The van der Waals surface area contributed by atoms with E-state index in [0.717, 1.165) is 30.1 Å². The van der Waals surface area contributed by atoms with Crippen LogP contribution in [0, 0.1) is 0 Å². The molecule has 0 spiro atoms. The molecule has 5 heteroatoms. The predicted octanol–water partition coefficient (Wildman–Crippen LogP) is 2.31. The van der Waals surface area contributed by atoms with Crippen molar-refractivity contribution in [3.05, 3.63) is 23.2 Å². The van der Waals surface area contributed by atoms with E-state index in [0.29, 0.717) is 6.61 Å². The SMILES string of the molecule is CCOCCc1nn(C)c(N)c1-c1cccs1. The Labute approximate surface area is 105 Å². The molecule has 2 rings (SSSR count). The van der Waals surface area contributed by atoms with Crippen LogP contribution in [0.3, 0.4) is 0 Å². The third kappa shape index (κ3) is 2.50. The zero-order chi connectivity index (χ0) is 12.3. The van der Waals surface area contributed by atoms with Gasteiger partial charge in [0.1, 0.15) is 5.82 Å². The molecule has 0 bridgehead atoms. The van der Waals surface area contributed by atoms with Gasteiger partial charge in [-0.25, -0.2) is 0 Å². The minimum atomic E-state index is 0.686. The maximum atomic E-state index is 6.07. The Kier molecular flexibility index (Phi) is 3.81. The summed E-state index contributed by atoms with van der Waals surface area (Å²) < 4.78 is 7.10. The van der Waals surface area contributed by atoms with Crippen LogP contribution in [-0.4, -0.2) is 23.0 Å². The van der Waals surface area contributed by atoms with E-state index in [1.54, 1.807) is 16.0 Å². The van der Waals surface area contributed by atoms with E-state index in [1.165, 1.54) is 4.88 Å². The van der Waals surface area contributed by atoms with E-state index >= 15 is 0 Å². The number of thiophene rings is 1. The topological polar surface area (TPSA) is 53.1 Å². The molecule has 0 unspecified atom stereocenters. The van der Waals surface area contributed by atoms with Gasteiger partial charge in [0.15, 0.2) is 0 Å². The van der Waals surface area contributed by atoms with Crippen LogP contribution in [0.25, 0.3) is 10.4 Å². The summed E-state index contributed by atoms with van der Waals surface area (Å²) in [7, 11) is 1.87. The standard InChI is InChI=1S/C12H17N3OS/c1-3-16-7-6-9-11(10-5-4-8-17-10)12(13)15(2)14-9/h4-5,8H,3,6-7,13H2,1-2H3. The van der Waals surface area contributed by atoms with Crippen LogP contribution in [0.2, 0.25) is 0 Å². The molecule has 0 saturated heterocycles. The van der Waals surface area contributed by atoms with Crippen LogP contribution in [-0.2, 0) is 18.2 Å². The predicted molar refractivity (Wildman–Crippen MR) is 71.1 cm³/mol. The highest BCUT2D eigenvalue weighted by molar-refractivity contribution is 7.13. The summed E-state index contributed by atoms with van der Waals surface area (Å²) in [5, 5.41) is 6.51. The quantitative estimate of drug-likeness (QED) is 0.830. The number of anilines is 1. The number of hydrogen-bond donors (Lipinski definition) is 1. The number of nitrogens with zero attached hydrogens (tertiary/aromatic N) is 2. The molecule has 2 aromatic rings. The van der Waals surface area contributed by atoms with Crippen molar-refractivity contribution in [2.75, 3.05) is 18.9 Å². The third-order valence-corrected chi connectivity index (χ3v) is 3.51. The largest absolute Gasteiger partial charge is 0.383 e. The molecule has 0 aliphatic rings. The highest BCUT2D eigenvalue weighted by Gasteiger charge is 2.16. The van der Waals surface area contributed by atoms with Crippen LogP contribution >= 0.6 is 11.3 Å². The van der Waals surface area contributed by atoms with E-state index in [9.17, 15) is 0 Å². The molecule has 0 amide bonds. The molecule has 2 heterocycles. The van der Waals surface area contributed by atoms with Gasteiger partial charge in [0.2, 0.25) is 0 Å². The summed E-state index contributed by atoms with van der Waals surface area (Å²) in [6.45, 7) is 3.41. The molecule has 0 atom stereocenters. The number of aromatic nitrogens is 2. The lowest BCUT2D eigenvalue weighted by Gasteiger charge is -2.01. The molecular formula is C12H17N3OS. The lowest BCUT2D eigenvalue weighted by molar-refractivity contribution is 0.150. The minimum Gasteiger partial charge on any atom is -0.383 e. The summed E-state index contributed by atoms with van der Waals surface area (Å²) in [6.07, 6.45) is 0.798. The van der Waals surface area contributed by atoms with Gasteiger partial charge in [0, 0.05) is 25.0 Å². The van der Waals surface area contributed by atoms with Crippen molar-refractivity contribution < 1.29 is 4.74 Å². The smallest absolute Gasteiger partial charge is 0.130 e. The Hall–Kier alpha value is -1.33. The lowest BCUT2D eigenvalue weighted by atomic mass is 10.1. The van der Waals surface area contributed by atoms with E-state index in [4.69, 9.17) is 10.5 Å². The van der Waals surface area contributed by atoms with Crippen molar-refractivity contribution in [3.8, 4) is 10.4 Å². The highest BCUT2D eigenvalue weighted by atomic mass is 32.1. The van der Waals surface area contributed by atoms with Crippen molar-refractivity contribution in [1.29, 1.82) is 0 Å². The number of hydrogen-bond acceptors (Lipinski definition) is 4. The first-order valence-electron chi connectivity index (χ1n) is 5.67. The summed E-state index contributed by atoms with van der Waals surface area (Å²) >= 11 is 1.68. The Morgan fingerprint density at radius 2 is 2.35 bits per heavy atom. The van der Waals surface area contributed by atoms with Gasteiger partial charge in [-0.3, -0.25) is 4.68 Å². The first kappa shape index (κ1) is 12.1. The molecular weight excluding hydrogens is 234 g/mol. The number of nitrogen functional groups attached to an aromatic ring is 1. The fourth-order valence-electron chi connectivity index (χ4n) is 1.77. The van der Waals surface area contributed by atoms with Gasteiger partial charge in [-0.15, -0.1) is 11.3 Å². The number of nitrogens with two attached hydrogens (primary N) is 1. The Balaban J connectivity index is 2.29. The van der Waals surface area contributed by atoms with E-state index in [1.807, 2.05) is 25.4 Å². The molecule has 0 aliphatic carbocycles. The van der Waals surface area contributed by atoms with Gasteiger partial charge < -0.3 is 10.5 Å². The second-order valence-corrected chi connectivity index (χ2v) is 4.70. The maximum absolute atomic E-state index is 6.07. The number of rotatable bonds is 5. The second-order valence-electron chi connectivity index (χ2n) is 3.75. The molecule has 2 aromatic heterocycles. The molecule has 0 radical (unpaired) electrons. The fourth-order valence-corrected chi connectivity index (χ4v) is 2.57. The summed E-state index contributed by atoms with van der Waals surface area (Å²) in [4.78, 5) is 1.17. The Morgan fingerprint density at radius 3 is 3.00 bits per heavy atom. The fraction of sp³-hybridized carbons (Fsp3) is 0.417. The lowest BCUT2D eigenvalue weighted by Crippen LogP contribution is -2.00. The first-order chi connectivity index (χ1) is 8.24. The molecule has 0 saturated carbocycles. The maximum Gasteiger partial charge on any atom is 0.130 e. The van der Waals surface area contributed by atoms with Crippen LogP contribution in [0.4, 0.5) is 5.82 Å². The normalized spacial score (nSPS) is 10.9. The van der Waals surface area contributed by atoms with E-state index < -0.39 is 0 Å². The van der Waals surface area contributed by atoms with Gasteiger partial charge in [0.25, 0.3) is 0 Å². The summed E-state index contributed by atoms with van der Waals surface area (Å²) in [5.74, 6) is 0.721. The van der Waals surface area contributed by atoms with Gasteiger partial charge in [0.05, 0.1) is 17.9 Å². The second kappa shape index (κ2) is 5.33. The Morgan fingerprint density at radius 1 is 1.53 bits per heavy atom. The molecule has 2 N–H and O–H groups in total. The van der Waals surface area contributed by atoms with E-state index in [2.05, 4.69) is 11.2 Å². The zero-order valence-electron chi connectivity index (χ0n) is 10.1. The zero-order valence-corrected chi connectivity index (χ0v) is 11.0. The third-order valence-electron chi connectivity index (χ3n) is 2.62. The van der Waals surface area contributed by atoms with Crippen LogP contribution in [0.5, 0.6) is 0 Å². The van der Waals surface area contributed by atoms with Crippen molar-refractivity contribution >= 4 is 17.2 Å². The van der Waals surface area contributed by atoms with Crippen molar-refractivity contribution in [2.24, 2.45) is 7.05 Å². The highest BCUT2D eigenvalue weighted by Crippen LogP contribution is 2.32. The molecule has 0 aromatic carbocycles. The Bertz CT molecular complexity index is 476. The summed E-state index contributed by atoms with van der Waals surface area (Å²) in [6, 6.07) is 4.10. The van der Waals surface area contributed by atoms with Gasteiger partial charge in [-0.05, 0) is 18.4 Å². The monoisotopic (exact) mass is 251 g/mol. The van der Waals surface area contributed by atoms with Crippen molar-refractivity contribution in [2.45, 2.75) is 13.3 Å². The molecule has 92 valence electrons. The van der Waals surface area contributed by atoms with Gasteiger partial charge in [-0.2, -0.15) is 5.10 Å². The van der Waals surface area contributed by atoms with E-state index in [-0.39, 0.29) is 0 Å². The minimum absolute atomic E-state index is 0.686. The van der Waals surface area contributed by atoms with Gasteiger partial charge in [-0.1, -0.05) is 6.07 Å². The molecule has 17 heavy (non-hydrogen) atoms. The van der Waals surface area contributed by atoms with Crippen molar-refractivity contribution in [1.82, 2.24) is 9.78 Å². The number of aryl methyl sites for hydroxylation is 1. The molecule has 0 fully saturated rings. The van der Waals surface area contributed by atoms with Crippen molar-refractivity contribution in [3.63, 3.8) is 0 Å². The first-order valence-corrected chi connectivity index (χ1v) is 6.55. The molecule has 0 aliphatic heterocycles. The van der Waals surface area contributed by atoms with Gasteiger partial charge >= 0.3 is 0 Å². The average molecular weight is 251 g/mol. The van der Waals surface area contributed by atoms with Crippen LogP contribution in [0.1, 0.15) is 12.6 Å². The molecule has 4 nitrogen and oxygen atoms in total. The van der Waals surface area contributed by atoms with Crippen LogP contribution in [0.15, 0.2) is 17.5 Å². The summed E-state index contributed by atoms with van der Waals surface area (Å²) in [5.41, 5.74) is 8.14. The number of ether oxygens (including phenoxy) is 1. The van der Waals surface area contributed by atoms with Crippen LogP contribution < -0.4 is 5.73 Å². The average Bonchev–Trinajstić information content (AvgIpc) is 2.90.